The summed E-state index contributed by atoms with van der Waals surface area (Å²) < 4.78 is 4.91. The number of anilines is 1. The van der Waals surface area contributed by atoms with Crippen molar-refractivity contribution in [3.05, 3.63) is 53.3 Å². The first-order valence-corrected chi connectivity index (χ1v) is 6.24. The lowest BCUT2D eigenvalue weighted by Gasteiger charge is -2.09. The Morgan fingerprint density at radius 2 is 2.05 bits per heavy atom. The van der Waals surface area contributed by atoms with E-state index in [9.17, 15) is 9.59 Å². The van der Waals surface area contributed by atoms with E-state index in [4.69, 9.17) is 4.74 Å². The Kier molecular flexibility index (Phi) is 4.20. The van der Waals surface area contributed by atoms with Crippen molar-refractivity contribution in [3.63, 3.8) is 0 Å². The molecule has 20 heavy (non-hydrogen) atoms. The van der Waals surface area contributed by atoms with Crippen LogP contribution in [0.4, 0.5) is 5.69 Å². The zero-order valence-corrected chi connectivity index (χ0v) is 11.4. The first-order chi connectivity index (χ1) is 9.56. The molecular formula is C15H16N2O3. The summed E-state index contributed by atoms with van der Waals surface area (Å²) in [5.41, 5.74) is 3.06. The predicted octanol–water partition coefficient (Wildman–Crippen LogP) is 2.43. The van der Waals surface area contributed by atoms with E-state index in [1.54, 1.807) is 18.3 Å². The molecule has 0 aliphatic heterocycles. The number of benzene rings is 1. The van der Waals surface area contributed by atoms with Crippen LogP contribution >= 0.6 is 0 Å². The number of aromatic amines is 1. The Balaban J connectivity index is 1.90. The highest BCUT2D eigenvalue weighted by atomic mass is 16.5. The molecule has 0 aliphatic rings. The summed E-state index contributed by atoms with van der Waals surface area (Å²) in [5, 5.41) is 2.73. The molecule has 2 N–H and O–H groups in total. The van der Waals surface area contributed by atoms with Gasteiger partial charge in [0, 0.05) is 11.9 Å². The van der Waals surface area contributed by atoms with Crippen molar-refractivity contribution in [1.29, 1.82) is 0 Å². The summed E-state index contributed by atoms with van der Waals surface area (Å²) in [6, 6.07) is 9.05. The highest BCUT2D eigenvalue weighted by molar-refractivity contribution is 5.95. The lowest BCUT2D eigenvalue weighted by atomic mass is 10.1. The fraction of sp³-hybridized carbons (Fsp3) is 0.200. The number of ether oxygens (including phenoxy) is 1. The van der Waals surface area contributed by atoms with Crippen LogP contribution < -0.4 is 5.32 Å². The molecule has 0 atom stereocenters. The normalized spacial score (nSPS) is 10.1. The monoisotopic (exact) mass is 272 g/mol. The first kappa shape index (κ1) is 13.9. The van der Waals surface area contributed by atoms with Crippen molar-refractivity contribution in [2.24, 2.45) is 0 Å². The third-order valence-electron chi connectivity index (χ3n) is 2.82. The van der Waals surface area contributed by atoms with Crippen molar-refractivity contribution in [1.82, 2.24) is 4.98 Å². The second kappa shape index (κ2) is 6.06. The maximum Gasteiger partial charge on any atom is 0.355 e. The quantitative estimate of drug-likeness (QED) is 0.840. The Morgan fingerprint density at radius 1 is 1.25 bits per heavy atom. The van der Waals surface area contributed by atoms with Crippen LogP contribution in [-0.4, -0.2) is 23.5 Å². The van der Waals surface area contributed by atoms with Gasteiger partial charge in [-0.3, -0.25) is 4.79 Å². The molecule has 0 saturated carbocycles. The molecule has 1 aromatic heterocycles. The number of aromatic nitrogens is 1. The molecule has 0 saturated heterocycles. The molecule has 5 heteroatoms. The van der Waals surface area contributed by atoms with Gasteiger partial charge < -0.3 is 15.0 Å². The first-order valence-electron chi connectivity index (χ1n) is 6.24. The van der Waals surface area contributed by atoms with Crippen LogP contribution in [0, 0.1) is 13.8 Å². The number of rotatable bonds is 4. The number of amides is 1. The van der Waals surface area contributed by atoms with E-state index < -0.39 is 5.97 Å². The number of nitrogens with one attached hydrogen (secondary N) is 2. The third kappa shape index (κ3) is 3.47. The van der Waals surface area contributed by atoms with Crippen molar-refractivity contribution >= 4 is 17.6 Å². The molecule has 1 aromatic carbocycles. The highest BCUT2D eigenvalue weighted by Crippen LogP contribution is 2.16. The molecule has 0 aliphatic carbocycles. The standard InChI is InChI=1S/C15H16N2O3/c1-10-5-6-11(2)13(8-10)17-14(18)9-20-15(19)12-4-3-7-16-12/h3-8,16H,9H2,1-2H3,(H,17,18). The van der Waals surface area contributed by atoms with Gasteiger partial charge in [0.25, 0.3) is 5.91 Å². The van der Waals surface area contributed by atoms with Crippen LogP contribution in [0.2, 0.25) is 0 Å². The van der Waals surface area contributed by atoms with Gasteiger partial charge in [-0.15, -0.1) is 0 Å². The molecule has 1 heterocycles. The second-order valence-electron chi connectivity index (χ2n) is 4.53. The van der Waals surface area contributed by atoms with Crippen LogP contribution in [0.15, 0.2) is 36.5 Å². The number of aryl methyl sites for hydroxylation is 2. The molecule has 5 nitrogen and oxygen atoms in total. The molecule has 0 bridgehead atoms. The van der Waals surface area contributed by atoms with E-state index in [0.717, 1.165) is 16.8 Å². The topological polar surface area (TPSA) is 71.2 Å². The van der Waals surface area contributed by atoms with Crippen molar-refractivity contribution in [3.8, 4) is 0 Å². The summed E-state index contributed by atoms with van der Waals surface area (Å²) in [5.74, 6) is -0.912. The number of esters is 1. The van der Waals surface area contributed by atoms with E-state index in [0.29, 0.717) is 5.69 Å². The lowest BCUT2D eigenvalue weighted by Crippen LogP contribution is -2.21. The molecule has 0 spiro atoms. The molecule has 2 aromatic rings. The summed E-state index contributed by atoms with van der Waals surface area (Å²) in [6.07, 6.45) is 1.62. The van der Waals surface area contributed by atoms with Gasteiger partial charge in [0.15, 0.2) is 6.61 Å². The van der Waals surface area contributed by atoms with Crippen molar-refractivity contribution < 1.29 is 14.3 Å². The second-order valence-corrected chi connectivity index (χ2v) is 4.53. The van der Waals surface area contributed by atoms with Crippen LogP contribution in [0.5, 0.6) is 0 Å². The fourth-order valence-corrected chi connectivity index (χ4v) is 1.72. The van der Waals surface area contributed by atoms with E-state index >= 15 is 0 Å². The zero-order chi connectivity index (χ0) is 14.5. The highest BCUT2D eigenvalue weighted by Gasteiger charge is 2.11. The summed E-state index contributed by atoms with van der Waals surface area (Å²) in [6.45, 7) is 3.53. The molecule has 2 rings (SSSR count). The zero-order valence-electron chi connectivity index (χ0n) is 11.4. The van der Waals surface area contributed by atoms with Gasteiger partial charge in [0.05, 0.1) is 0 Å². The molecular weight excluding hydrogens is 256 g/mol. The lowest BCUT2D eigenvalue weighted by molar-refractivity contribution is -0.119. The van der Waals surface area contributed by atoms with E-state index in [-0.39, 0.29) is 12.5 Å². The van der Waals surface area contributed by atoms with Gasteiger partial charge in [-0.1, -0.05) is 12.1 Å². The average Bonchev–Trinajstić information content (AvgIpc) is 2.94. The smallest absolute Gasteiger partial charge is 0.355 e. The van der Waals surface area contributed by atoms with Crippen molar-refractivity contribution in [2.45, 2.75) is 13.8 Å². The maximum atomic E-state index is 11.8. The molecule has 1 amide bonds. The van der Waals surface area contributed by atoms with Gasteiger partial charge in [-0.25, -0.2) is 4.79 Å². The minimum Gasteiger partial charge on any atom is -0.451 e. The number of carbonyl (C=O) groups excluding carboxylic acids is 2. The maximum absolute atomic E-state index is 11.8. The summed E-state index contributed by atoms with van der Waals surface area (Å²) in [4.78, 5) is 26.0. The van der Waals surface area contributed by atoms with Crippen LogP contribution in [0.3, 0.4) is 0 Å². The van der Waals surface area contributed by atoms with Crippen LogP contribution in [-0.2, 0) is 9.53 Å². The van der Waals surface area contributed by atoms with E-state index in [1.807, 2.05) is 32.0 Å². The Bertz CT molecular complexity index is 618. The van der Waals surface area contributed by atoms with Gasteiger partial charge in [-0.2, -0.15) is 0 Å². The minimum atomic E-state index is -0.550. The third-order valence-corrected chi connectivity index (χ3v) is 2.82. The van der Waals surface area contributed by atoms with Gasteiger partial charge in [0.1, 0.15) is 5.69 Å². The van der Waals surface area contributed by atoms with Crippen LogP contribution in [0.25, 0.3) is 0 Å². The molecule has 0 unspecified atom stereocenters. The minimum absolute atomic E-state index is 0.314. The van der Waals surface area contributed by atoms with E-state index in [2.05, 4.69) is 10.3 Å². The Hall–Kier alpha value is -2.56. The number of H-pyrrole nitrogens is 1. The van der Waals surface area contributed by atoms with Crippen LogP contribution in [0.1, 0.15) is 21.6 Å². The Morgan fingerprint density at radius 3 is 2.75 bits per heavy atom. The number of hydrogen-bond acceptors (Lipinski definition) is 3. The van der Waals surface area contributed by atoms with Gasteiger partial charge >= 0.3 is 5.97 Å². The molecule has 0 radical (unpaired) electrons. The van der Waals surface area contributed by atoms with E-state index in [1.165, 1.54) is 0 Å². The number of hydrogen-bond donors (Lipinski definition) is 2. The van der Waals surface area contributed by atoms with Gasteiger partial charge in [0.2, 0.25) is 0 Å². The molecule has 0 fully saturated rings. The van der Waals surface area contributed by atoms with Crippen molar-refractivity contribution in [2.75, 3.05) is 11.9 Å². The Labute approximate surface area is 117 Å². The average molecular weight is 272 g/mol. The SMILES string of the molecule is Cc1ccc(C)c(NC(=O)COC(=O)c2ccc[nH]2)c1. The predicted molar refractivity (Wildman–Crippen MR) is 75.6 cm³/mol. The molecule has 104 valence electrons. The summed E-state index contributed by atoms with van der Waals surface area (Å²) in [7, 11) is 0. The van der Waals surface area contributed by atoms with Gasteiger partial charge in [-0.05, 0) is 43.2 Å². The largest absolute Gasteiger partial charge is 0.451 e. The fourth-order valence-electron chi connectivity index (χ4n) is 1.72. The number of carbonyl (C=O) groups is 2. The summed E-state index contributed by atoms with van der Waals surface area (Å²) >= 11 is 0.